The first kappa shape index (κ1) is 19.2. The molecule has 0 amide bonds. The first-order valence-corrected chi connectivity index (χ1v) is 10.0. The maximum atomic E-state index is 15.2. The summed E-state index contributed by atoms with van der Waals surface area (Å²) in [5.74, 6) is -1.15. The minimum absolute atomic E-state index is 0.0189. The largest absolute Gasteiger partial charge is 0.393 e. The lowest BCUT2D eigenvalue weighted by atomic mass is 9.45. The van der Waals surface area contributed by atoms with Crippen molar-refractivity contribution in [1.82, 2.24) is 0 Å². The zero-order chi connectivity index (χ0) is 19.8. The van der Waals surface area contributed by atoms with Crippen LogP contribution in [0.15, 0.2) is 11.6 Å². The van der Waals surface area contributed by atoms with Crippen molar-refractivity contribution < 1.29 is 29.3 Å². The highest BCUT2D eigenvalue weighted by Gasteiger charge is 2.69. The number of halogens is 1. The third-order valence-electron chi connectivity index (χ3n) is 8.71. The molecule has 3 fully saturated rings. The summed E-state index contributed by atoms with van der Waals surface area (Å²) in [6.45, 7) is 2.95. The summed E-state index contributed by atoms with van der Waals surface area (Å²) in [5.41, 5.74) is -2.55. The Kier molecular flexibility index (Phi) is 4.23. The van der Waals surface area contributed by atoms with Crippen molar-refractivity contribution in [1.29, 1.82) is 0 Å². The second kappa shape index (κ2) is 5.94. The summed E-state index contributed by atoms with van der Waals surface area (Å²) >= 11 is 0. The van der Waals surface area contributed by atoms with E-state index in [0.717, 1.165) is 5.57 Å². The number of aliphatic hydroxyl groups excluding tert-OH is 2. The first-order valence-electron chi connectivity index (χ1n) is 10.0. The van der Waals surface area contributed by atoms with Crippen LogP contribution in [0.4, 0.5) is 4.39 Å². The number of allylic oxidation sites excluding steroid dienone is 1. The zero-order valence-electron chi connectivity index (χ0n) is 15.9. The summed E-state index contributed by atoms with van der Waals surface area (Å²) in [5, 5.41) is 31.6. The molecular weight excluding hydrogens is 351 g/mol. The quantitative estimate of drug-likeness (QED) is 0.678. The van der Waals surface area contributed by atoms with Crippen LogP contribution in [0.2, 0.25) is 0 Å². The second-order valence-corrected chi connectivity index (χ2v) is 9.59. The van der Waals surface area contributed by atoms with Crippen LogP contribution in [0.3, 0.4) is 0 Å². The molecule has 0 heterocycles. The van der Waals surface area contributed by atoms with Crippen molar-refractivity contribution >= 4 is 11.6 Å². The number of carbonyl (C=O) groups excluding carboxylic acids is 2. The molecule has 0 bridgehead atoms. The van der Waals surface area contributed by atoms with Crippen LogP contribution in [0.5, 0.6) is 0 Å². The van der Waals surface area contributed by atoms with Gasteiger partial charge in [0.15, 0.2) is 11.6 Å². The van der Waals surface area contributed by atoms with Crippen molar-refractivity contribution in [2.24, 2.45) is 28.6 Å². The second-order valence-electron chi connectivity index (χ2n) is 9.59. The Bertz CT molecular complexity index is 719. The Morgan fingerprint density at radius 1 is 1.33 bits per heavy atom. The Labute approximate surface area is 158 Å². The lowest BCUT2D eigenvalue weighted by molar-refractivity contribution is -0.187. The van der Waals surface area contributed by atoms with Gasteiger partial charge in [-0.05, 0) is 55.9 Å². The molecular formula is C21H29FO5. The van der Waals surface area contributed by atoms with Gasteiger partial charge < -0.3 is 15.3 Å². The molecule has 3 N–H and O–H groups in total. The van der Waals surface area contributed by atoms with Gasteiger partial charge in [0, 0.05) is 17.3 Å². The van der Waals surface area contributed by atoms with Crippen LogP contribution in [0.25, 0.3) is 0 Å². The molecule has 0 aromatic heterocycles. The van der Waals surface area contributed by atoms with E-state index in [9.17, 15) is 24.9 Å². The van der Waals surface area contributed by atoms with Crippen LogP contribution in [0, 0.1) is 28.6 Å². The monoisotopic (exact) mass is 380 g/mol. The lowest BCUT2D eigenvalue weighted by Gasteiger charge is -2.61. The van der Waals surface area contributed by atoms with Gasteiger partial charge in [0.05, 0.1) is 6.10 Å². The maximum absolute atomic E-state index is 15.2. The number of rotatable bonds is 2. The molecule has 4 aliphatic carbocycles. The fourth-order valence-corrected chi connectivity index (χ4v) is 7.28. The Hall–Kier alpha value is -1.11. The lowest BCUT2D eigenvalue weighted by Crippen LogP contribution is -2.63. The molecule has 5 nitrogen and oxygen atoms in total. The first-order chi connectivity index (χ1) is 12.6. The van der Waals surface area contributed by atoms with Gasteiger partial charge in [0.25, 0.3) is 0 Å². The molecule has 0 aromatic rings. The number of carbonyl (C=O) groups is 2. The number of aliphatic hydroxyl groups is 3. The van der Waals surface area contributed by atoms with E-state index in [1.807, 2.05) is 13.8 Å². The van der Waals surface area contributed by atoms with E-state index >= 15 is 4.39 Å². The molecule has 6 heteroatoms. The van der Waals surface area contributed by atoms with E-state index in [1.54, 1.807) is 6.08 Å². The predicted octanol–water partition coefficient (Wildman–Crippen LogP) is 1.73. The standard InChI is InChI=1S/C21H29FO5/c1-19-9-15(25)18-13(14(19)5-6-21(19,27)17(26)10-23)4-3-11-7-12(24)8-16(22)20(11,18)2/h7,13-16,18,23,25,27H,3-6,8-10H2,1-2H3/t13-,14-,15+,16?,18+,19-,20+,21-/m0/s1. The minimum Gasteiger partial charge on any atom is -0.393 e. The number of ketones is 2. The molecule has 0 aromatic carbocycles. The topological polar surface area (TPSA) is 94.8 Å². The third-order valence-corrected chi connectivity index (χ3v) is 8.71. The summed E-state index contributed by atoms with van der Waals surface area (Å²) in [6.07, 6.45) is 1.65. The number of Topliss-reactive ketones (excluding diaryl/α,β-unsaturated/α-hetero) is 1. The highest BCUT2D eigenvalue weighted by Crippen LogP contribution is 2.67. The molecule has 8 atom stereocenters. The zero-order valence-corrected chi connectivity index (χ0v) is 15.9. The summed E-state index contributed by atoms with van der Waals surface area (Å²) in [4.78, 5) is 24.2. The third kappa shape index (κ3) is 2.26. The fraction of sp³-hybridized carbons (Fsp3) is 0.810. The molecule has 0 aliphatic heterocycles. The van der Waals surface area contributed by atoms with Gasteiger partial charge >= 0.3 is 0 Å². The van der Waals surface area contributed by atoms with E-state index in [0.29, 0.717) is 19.3 Å². The molecule has 4 aliphatic rings. The van der Waals surface area contributed by atoms with E-state index < -0.39 is 41.1 Å². The van der Waals surface area contributed by atoms with Gasteiger partial charge in [0.2, 0.25) is 0 Å². The summed E-state index contributed by atoms with van der Waals surface area (Å²) < 4.78 is 15.2. The van der Waals surface area contributed by atoms with Gasteiger partial charge in [-0.3, -0.25) is 9.59 Å². The van der Waals surface area contributed by atoms with E-state index in [1.165, 1.54) is 0 Å². The Morgan fingerprint density at radius 3 is 2.70 bits per heavy atom. The smallest absolute Gasteiger partial charge is 0.190 e. The van der Waals surface area contributed by atoms with E-state index in [2.05, 4.69) is 0 Å². The molecule has 1 unspecified atom stereocenters. The van der Waals surface area contributed by atoms with Gasteiger partial charge in [-0.1, -0.05) is 19.4 Å². The number of hydrogen-bond acceptors (Lipinski definition) is 5. The SMILES string of the molecule is C[C@]12C[C@@H](O)[C@H]3[C@@H](CCC4=CC(=O)CC(F)[C@@]43C)[C@@H]1CC[C@]2(O)C(=O)CO. The highest BCUT2D eigenvalue weighted by atomic mass is 19.1. The average Bonchev–Trinajstić information content (AvgIpc) is 2.87. The van der Waals surface area contributed by atoms with Gasteiger partial charge in [0.1, 0.15) is 18.4 Å². The van der Waals surface area contributed by atoms with Crippen molar-refractivity contribution in [2.75, 3.05) is 6.61 Å². The minimum atomic E-state index is -1.65. The predicted molar refractivity (Wildman–Crippen MR) is 95.4 cm³/mol. The van der Waals surface area contributed by atoms with Gasteiger partial charge in [-0.2, -0.15) is 0 Å². The molecule has 27 heavy (non-hydrogen) atoms. The van der Waals surface area contributed by atoms with Crippen molar-refractivity contribution in [3.8, 4) is 0 Å². The van der Waals surface area contributed by atoms with Gasteiger partial charge in [-0.15, -0.1) is 0 Å². The van der Waals surface area contributed by atoms with Crippen LogP contribution in [0.1, 0.15) is 52.4 Å². The normalized spacial score (nSPS) is 51.9. The van der Waals surface area contributed by atoms with E-state index in [4.69, 9.17) is 0 Å². The maximum Gasteiger partial charge on any atom is 0.190 e. The highest BCUT2D eigenvalue weighted by molar-refractivity contribution is 5.92. The van der Waals surface area contributed by atoms with Gasteiger partial charge in [-0.25, -0.2) is 4.39 Å². The number of fused-ring (bicyclic) bond motifs is 5. The number of alkyl halides is 1. The molecule has 3 saturated carbocycles. The molecule has 0 spiro atoms. The Morgan fingerprint density at radius 2 is 2.04 bits per heavy atom. The fourth-order valence-electron chi connectivity index (χ4n) is 7.28. The van der Waals surface area contributed by atoms with Crippen molar-refractivity contribution in [2.45, 2.75) is 70.2 Å². The van der Waals surface area contributed by atoms with Crippen molar-refractivity contribution in [3.05, 3.63) is 11.6 Å². The molecule has 0 saturated heterocycles. The van der Waals surface area contributed by atoms with Crippen molar-refractivity contribution in [3.63, 3.8) is 0 Å². The average molecular weight is 380 g/mol. The van der Waals surface area contributed by atoms with Crippen LogP contribution in [-0.2, 0) is 9.59 Å². The van der Waals surface area contributed by atoms with Crippen LogP contribution < -0.4 is 0 Å². The Balaban J connectivity index is 1.76. The summed E-state index contributed by atoms with van der Waals surface area (Å²) in [7, 11) is 0. The van der Waals surface area contributed by atoms with E-state index in [-0.39, 0.29) is 42.8 Å². The molecule has 0 radical (unpaired) electrons. The molecule has 150 valence electrons. The molecule has 4 rings (SSSR count). The number of hydrogen-bond donors (Lipinski definition) is 3. The van der Waals surface area contributed by atoms with Crippen LogP contribution >= 0.6 is 0 Å². The summed E-state index contributed by atoms with van der Waals surface area (Å²) in [6, 6.07) is 0. The van der Waals surface area contributed by atoms with Crippen LogP contribution in [-0.4, -0.2) is 51.4 Å².